The number of nitrogens with zero attached hydrogens (tertiary/aromatic N) is 1. The van der Waals surface area contributed by atoms with Gasteiger partial charge in [-0.3, -0.25) is 0 Å². The number of piperidine rings is 1. The van der Waals surface area contributed by atoms with E-state index in [0.717, 1.165) is 36.7 Å². The summed E-state index contributed by atoms with van der Waals surface area (Å²) >= 11 is 5.41. The highest BCUT2D eigenvalue weighted by Gasteiger charge is 2.17. The largest absolute Gasteiger partial charge is 0.360 e. The van der Waals surface area contributed by atoms with Crippen molar-refractivity contribution in [1.29, 1.82) is 0 Å². The number of benzene rings is 1. The van der Waals surface area contributed by atoms with Gasteiger partial charge in [0.2, 0.25) is 0 Å². The average molecular weight is 277 g/mol. The summed E-state index contributed by atoms with van der Waals surface area (Å²) in [6, 6.07) is 6.75. The summed E-state index contributed by atoms with van der Waals surface area (Å²) < 4.78 is 0. The molecule has 0 saturated carbocycles. The highest BCUT2D eigenvalue weighted by Crippen LogP contribution is 2.18. The Morgan fingerprint density at radius 2 is 1.95 bits per heavy atom. The molecule has 0 atom stereocenters. The Labute approximate surface area is 121 Å². The summed E-state index contributed by atoms with van der Waals surface area (Å²) in [5.74, 6) is 0. The number of nitrogens with one attached hydrogen (secondary N) is 2. The summed E-state index contributed by atoms with van der Waals surface area (Å²) in [7, 11) is 2.17. The first-order chi connectivity index (χ1) is 9.06. The molecule has 2 N–H and O–H groups in total. The predicted molar refractivity (Wildman–Crippen MR) is 85.8 cm³/mol. The van der Waals surface area contributed by atoms with Crippen molar-refractivity contribution >= 4 is 23.0 Å². The molecule has 3 nitrogen and oxygen atoms in total. The number of hydrogen-bond acceptors (Lipinski definition) is 2. The van der Waals surface area contributed by atoms with Gasteiger partial charge >= 0.3 is 0 Å². The zero-order chi connectivity index (χ0) is 13.8. The second kappa shape index (κ2) is 6.35. The Kier molecular flexibility index (Phi) is 4.77. The van der Waals surface area contributed by atoms with Crippen molar-refractivity contribution in [2.45, 2.75) is 32.7 Å². The minimum absolute atomic E-state index is 0.501. The van der Waals surface area contributed by atoms with Crippen molar-refractivity contribution in [3.63, 3.8) is 0 Å². The monoisotopic (exact) mass is 277 g/mol. The number of thiocarbonyl (C=S) groups is 1. The van der Waals surface area contributed by atoms with E-state index in [2.05, 4.69) is 54.6 Å². The minimum atomic E-state index is 0.501. The van der Waals surface area contributed by atoms with Gasteiger partial charge in [-0.05, 0) is 76.2 Å². The molecular formula is C15H23N3S. The van der Waals surface area contributed by atoms with Gasteiger partial charge in [-0.15, -0.1) is 0 Å². The molecule has 1 fully saturated rings. The van der Waals surface area contributed by atoms with E-state index in [4.69, 9.17) is 12.2 Å². The number of rotatable bonds is 2. The molecule has 4 heteroatoms. The van der Waals surface area contributed by atoms with E-state index in [1.165, 1.54) is 11.1 Å². The van der Waals surface area contributed by atoms with Crippen molar-refractivity contribution in [2.75, 3.05) is 25.5 Å². The topological polar surface area (TPSA) is 27.3 Å². The van der Waals surface area contributed by atoms with Crippen LogP contribution in [0.5, 0.6) is 0 Å². The van der Waals surface area contributed by atoms with Gasteiger partial charge in [-0.2, -0.15) is 0 Å². The van der Waals surface area contributed by atoms with Crippen LogP contribution >= 0.6 is 12.2 Å². The molecular weight excluding hydrogens is 254 g/mol. The van der Waals surface area contributed by atoms with Crippen LogP contribution in [0.3, 0.4) is 0 Å². The highest BCUT2D eigenvalue weighted by molar-refractivity contribution is 7.80. The highest BCUT2D eigenvalue weighted by atomic mass is 32.1. The lowest BCUT2D eigenvalue weighted by Crippen LogP contribution is -2.44. The second-order valence-corrected chi connectivity index (χ2v) is 5.83. The quantitative estimate of drug-likeness (QED) is 0.813. The summed E-state index contributed by atoms with van der Waals surface area (Å²) in [6.45, 7) is 6.53. The lowest BCUT2D eigenvalue weighted by atomic mass is 10.1. The zero-order valence-corrected chi connectivity index (χ0v) is 12.8. The zero-order valence-electron chi connectivity index (χ0n) is 12.0. The molecule has 1 aliphatic heterocycles. The van der Waals surface area contributed by atoms with E-state index in [-0.39, 0.29) is 0 Å². The molecule has 104 valence electrons. The molecule has 1 aromatic rings. The lowest BCUT2D eigenvalue weighted by Gasteiger charge is -2.30. The Bertz CT molecular complexity index is 451. The fourth-order valence-corrected chi connectivity index (χ4v) is 2.66. The van der Waals surface area contributed by atoms with E-state index in [1.807, 2.05) is 0 Å². The van der Waals surface area contributed by atoms with Gasteiger partial charge in [0.25, 0.3) is 0 Å². The third-order valence-corrected chi connectivity index (χ3v) is 4.13. The summed E-state index contributed by atoms with van der Waals surface area (Å²) in [4.78, 5) is 2.36. The van der Waals surface area contributed by atoms with Crippen LogP contribution in [0.1, 0.15) is 24.0 Å². The maximum atomic E-state index is 5.41. The molecule has 1 aromatic carbocycles. The molecule has 0 aliphatic carbocycles. The molecule has 0 aromatic heterocycles. The van der Waals surface area contributed by atoms with Crippen LogP contribution in [0.25, 0.3) is 0 Å². The van der Waals surface area contributed by atoms with E-state index in [9.17, 15) is 0 Å². The van der Waals surface area contributed by atoms with E-state index in [1.54, 1.807) is 0 Å². The molecule has 0 bridgehead atoms. The first-order valence-electron chi connectivity index (χ1n) is 6.88. The predicted octanol–water partition coefficient (Wildman–Crippen LogP) is 2.68. The van der Waals surface area contributed by atoms with Crippen molar-refractivity contribution in [3.8, 4) is 0 Å². The third kappa shape index (κ3) is 3.91. The SMILES string of the molecule is Cc1cccc(NC(=S)NC2CCN(C)CC2)c1C. The number of hydrogen-bond donors (Lipinski definition) is 2. The van der Waals surface area contributed by atoms with Gasteiger partial charge in [0.05, 0.1) is 0 Å². The fraction of sp³-hybridized carbons (Fsp3) is 0.533. The standard InChI is InChI=1S/C15H23N3S/c1-11-5-4-6-14(12(11)2)17-15(19)16-13-7-9-18(3)10-8-13/h4-6,13H,7-10H2,1-3H3,(H2,16,17,19). The maximum absolute atomic E-state index is 5.41. The molecule has 0 spiro atoms. The minimum Gasteiger partial charge on any atom is -0.360 e. The Morgan fingerprint density at radius 3 is 2.63 bits per heavy atom. The van der Waals surface area contributed by atoms with Gasteiger partial charge in [0.1, 0.15) is 0 Å². The van der Waals surface area contributed by atoms with Crippen molar-refractivity contribution in [1.82, 2.24) is 10.2 Å². The van der Waals surface area contributed by atoms with Crippen LogP contribution in [0.4, 0.5) is 5.69 Å². The Hall–Kier alpha value is -1.13. The van der Waals surface area contributed by atoms with Gasteiger partial charge in [0.15, 0.2) is 5.11 Å². The van der Waals surface area contributed by atoms with Crippen molar-refractivity contribution < 1.29 is 0 Å². The van der Waals surface area contributed by atoms with Crippen LogP contribution < -0.4 is 10.6 Å². The van der Waals surface area contributed by atoms with Gasteiger partial charge in [-0.25, -0.2) is 0 Å². The lowest BCUT2D eigenvalue weighted by molar-refractivity contribution is 0.247. The smallest absolute Gasteiger partial charge is 0.171 e. The van der Waals surface area contributed by atoms with Crippen LogP contribution in [-0.4, -0.2) is 36.2 Å². The Morgan fingerprint density at radius 1 is 1.26 bits per heavy atom. The summed E-state index contributed by atoms with van der Waals surface area (Å²) in [6.07, 6.45) is 2.32. The van der Waals surface area contributed by atoms with Gasteiger partial charge in [-0.1, -0.05) is 12.1 Å². The first kappa shape index (κ1) is 14.3. The van der Waals surface area contributed by atoms with Crippen LogP contribution in [0.15, 0.2) is 18.2 Å². The fourth-order valence-electron chi connectivity index (χ4n) is 2.38. The molecule has 0 radical (unpaired) electrons. The summed E-state index contributed by atoms with van der Waals surface area (Å²) in [5, 5.41) is 7.48. The number of aryl methyl sites for hydroxylation is 1. The molecule has 1 aliphatic rings. The number of anilines is 1. The molecule has 0 amide bonds. The van der Waals surface area contributed by atoms with Gasteiger partial charge in [0, 0.05) is 11.7 Å². The van der Waals surface area contributed by atoms with E-state index in [0.29, 0.717) is 6.04 Å². The van der Waals surface area contributed by atoms with E-state index < -0.39 is 0 Å². The van der Waals surface area contributed by atoms with E-state index >= 15 is 0 Å². The first-order valence-corrected chi connectivity index (χ1v) is 7.29. The molecule has 1 heterocycles. The van der Waals surface area contributed by atoms with Gasteiger partial charge < -0.3 is 15.5 Å². The van der Waals surface area contributed by atoms with Crippen LogP contribution in [0, 0.1) is 13.8 Å². The maximum Gasteiger partial charge on any atom is 0.171 e. The molecule has 19 heavy (non-hydrogen) atoms. The van der Waals surface area contributed by atoms with Crippen molar-refractivity contribution in [2.24, 2.45) is 0 Å². The third-order valence-electron chi connectivity index (χ3n) is 3.91. The number of likely N-dealkylation sites (tertiary alicyclic amines) is 1. The second-order valence-electron chi connectivity index (χ2n) is 5.42. The van der Waals surface area contributed by atoms with Crippen LogP contribution in [0.2, 0.25) is 0 Å². The Balaban J connectivity index is 1.89. The summed E-state index contributed by atoms with van der Waals surface area (Å²) in [5.41, 5.74) is 3.65. The molecule has 1 saturated heterocycles. The average Bonchev–Trinajstić information content (AvgIpc) is 2.38. The normalized spacial score (nSPS) is 17.2. The molecule has 0 unspecified atom stereocenters. The van der Waals surface area contributed by atoms with Crippen molar-refractivity contribution in [3.05, 3.63) is 29.3 Å². The molecule has 2 rings (SSSR count). The van der Waals surface area contributed by atoms with Crippen LogP contribution in [-0.2, 0) is 0 Å².